The minimum Gasteiger partial charge on any atom is -0.493 e. The van der Waals surface area contributed by atoms with Crippen LogP contribution in [0.4, 0.5) is 10.5 Å². The monoisotopic (exact) mass is 715 g/mol. The van der Waals surface area contributed by atoms with Crippen LogP contribution in [0.5, 0.6) is 11.5 Å². The predicted octanol–water partition coefficient (Wildman–Crippen LogP) is 8.04. The van der Waals surface area contributed by atoms with Gasteiger partial charge in [0, 0.05) is 10.2 Å². The number of hydrazine groups is 1. The van der Waals surface area contributed by atoms with Gasteiger partial charge in [0.1, 0.15) is 6.61 Å². The van der Waals surface area contributed by atoms with Crippen LogP contribution in [0.15, 0.2) is 68.4 Å². The van der Waals surface area contributed by atoms with Gasteiger partial charge in [-0.15, -0.1) is 0 Å². The molecule has 2 N–H and O–H groups in total. The molecule has 0 aliphatic carbocycles. The number of thiocarbonyl (C=S) groups is 1. The molecule has 1 aliphatic heterocycles. The van der Waals surface area contributed by atoms with E-state index in [2.05, 4.69) is 42.6 Å². The lowest BCUT2D eigenvalue weighted by molar-refractivity contribution is -0.123. The van der Waals surface area contributed by atoms with Crippen LogP contribution in [0.25, 0.3) is 6.08 Å². The van der Waals surface area contributed by atoms with Gasteiger partial charge in [-0.2, -0.15) is 5.01 Å². The SMILES string of the molecule is COc1cc(/C=C2/SC(=S)N(NC(=O)Nc3ccc(Cl)c(Cl)c3)C2=O)cc(Br)c1OCc1ccc(Br)cc1. The van der Waals surface area contributed by atoms with E-state index in [-0.39, 0.29) is 9.34 Å². The lowest BCUT2D eigenvalue weighted by Crippen LogP contribution is -2.46. The highest BCUT2D eigenvalue weighted by Gasteiger charge is 2.33. The molecule has 196 valence electrons. The number of thioether (sulfide) groups is 1. The molecule has 38 heavy (non-hydrogen) atoms. The lowest BCUT2D eigenvalue weighted by atomic mass is 10.2. The summed E-state index contributed by atoms with van der Waals surface area (Å²) in [5.41, 5.74) is 4.52. The number of nitrogens with one attached hydrogen (secondary N) is 2. The maximum Gasteiger partial charge on any atom is 0.338 e. The molecule has 0 atom stereocenters. The first kappa shape index (κ1) is 28.7. The largest absolute Gasteiger partial charge is 0.493 e. The quantitative estimate of drug-likeness (QED) is 0.190. The van der Waals surface area contributed by atoms with Gasteiger partial charge in [-0.3, -0.25) is 4.79 Å². The fourth-order valence-electron chi connectivity index (χ4n) is 3.25. The number of ether oxygens (including phenoxy) is 2. The first-order valence-electron chi connectivity index (χ1n) is 10.7. The fourth-order valence-corrected chi connectivity index (χ4v) is 5.57. The third-order valence-corrected chi connectivity index (χ3v) is 8.19. The van der Waals surface area contributed by atoms with E-state index in [0.717, 1.165) is 26.8 Å². The second-order valence-corrected chi connectivity index (χ2v) is 11.9. The smallest absolute Gasteiger partial charge is 0.338 e. The van der Waals surface area contributed by atoms with Crippen molar-refractivity contribution in [1.82, 2.24) is 10.4 Å². The van der Waals surface area contributed by atoms with Crippen LogP contribution in [0.2, 0.25) is 10.0 Å². The molecule has 0 radical (unpaired) electrons. The molecule has 3 aromatic carbocycles. The standard InChI is InChI=1S/C25H17Br2Cl2N3O4S2/c1-35-20-9-14(8-17(27)22(20)36-12-13-2-4-15(26)5-3-13)10-21-23(33)32(25(37)38-21)31-24(34)30-16-6-7-18(28)19(29)11-16/h2-11H,12H2,1H3,(H2,30,31,34)/b21-10+. The molecule has 0 bridgehead atoms. The average molecular weight is 718 g/mol. The van der Waals surface area contributed by atoms with E-state index in [4.69, 9.17) is 44.9 Å². The van der Waals surface area contributed by atoms with Gasteiger partial charge in [-0.05, 0) is 87.8 Å². The van der Waals surface area contributed by atoms with Gasteiger partial charge in [0.05, 0.1) is 26.5 Å². The third kappa shape index (κ3) is 7.02. The van der Waals surface area contributed by atoms with E-state index in [1.54, 1.807) is 30.3 Å². The molecule has 0 unspecified atom stereocenters. The first-order valence-corrected chi connectivity index (χ1v) is 14.3. The van der Waals surface area contributed by atoms with Crippen LogP contribution in [0.3, 0.4) is 0 Å². The number of methoxy groups -OCH3 is 1. The predicted molar refractivity (Wildman–Crippen MR) is 163 cm³/mol. The molecule has 0 saturated carbocycles. The maximum atomic E-state index is 13.0. The molecule has 1 fully saturated rings. The number of urea groups is 1. The molecule has 4 rings (SSSR count). The van der Waals surface area contributed by atoms with Crippen LogP contribution in [-0.2, 0) is 11.4 Å². The van der Waals surface area contributed by atoms with Crippen molar-refractivity contribution in [1.29, 1.82) is 0 Å². The van der Waals surface area contributed by atoms with Crippen molar-refractivity contribution in [2.75, 3.05) is 12.4 Å². The molecule has 7 nitrogen and oxygen atoms in total. The number of rotatable bonds is 7. The molecule has 3 aromatic rings. The summed E-state index contributed by atoms with van der Waals surface area (Å²) in [6.45, 7) is 0.343. The Balaban J connectivity index is 1.46. The number of nitrogens with zero attached hydrogens (tertiary/aromatic N) is 1. The van der Waals surface area contributed by atoms with Crippen LogP contribution in [0.1, 0.15) is 11.1 Å². The van der Waals surface area contributed by atoms with E-state index < -0.39 is 11.9 Å². The molecule has 1 aliphatic rings. The van der Waals surface area contributed by atoms with E-state index in [9.17, 15) is 9.59 Å². The van der Waals surface area contributed by atoms with Crippen molar-refractivity contribution >= 4 is 107 Å². The Kier molecular flexibility index (Phi) is 9.61. The molecule has 13 heteroatoms. The number of halogens is 4. The fraction of sp³-hybridized carbons (Fsp3) is 0.0800. The van der Waals surface area contributed by atoms with E-state index >= 15 is 0 Å². The van der Waals surface area contributed by atoms with Crippen molar-refractivity contribution in [3.63, 3.8) is 0 Å². The summed E-state index contributed by atoms with van der Waals surface area (Å²) in [4.78, 5) is 25.8. The summed E-state index contributed by atoms with van der Waals surface area (Å²) >= 11 is 25.2. The second kappa shape index (κ2) is 12.7. The molecule has 1 heterocycles. The zero-order chi connectivity index (χ0) is 27.4. The summed E-state index contributed by atoms with van der Waals surface area (Å²) in [5, 5.41) is 4.22. The number of carbonyl (C=O) groups excluding carboxylic acids is 2. The third-order valence-electron chi connectivity index (χ3n) is 5.03. The van der Waals surface area contributed by atoms with Gasteiger partial charge in [0.25, 0.3) is 5.91 Å². The van der Waals surface area contributed by atoms with Gasteiger partial charge >= 0.3 is 6.03 Å². The van der Waals surface area contributed by atoms with Gasteiger partial charge in [-0.1, -0.05) is 63.0 Å². The van der Waals surface area contributed by atoms with Gasteiger partial charge < -0.3 is 14.8 Å². The zero-order valence-electron chi connectivity index (χ0n) is 19.4. The topological polar surface area (TPSA) is 79.9 Å². The Bertz CT molecular complexity index is 1460. The maximum absolute atomic E-state index is 13.0. The minimum atomic E-state index is -0.669. The summed E-state index contributed by atoms with van der Waals surface area (Å²) in [5.74, 6) is 0.535. The molecular weight excluding hydrogens is 701 g/mol. The number of amides is 3. The van der Waals surface area contributed by atoms with Crippen molar-refractivity contribution in [2.24, 2.45) is 0 Å². The average Bonchev–Trinajstić information content (AvgIpc) is 3.13. The zero-order valence-corrected chi connectivity index (χ0v) is 25.7. The van der Waals surface area contributed by atoms with E-state index in [0.29, 0.717) is 43.8 Å². The van der Waals surface area contributed by atoms with Crippen molar-refractivity contribution in [3.8, 4) is 11.5 Å². The Labute approximate surface area is 255 Å². The van der Waals surface area contributed by atoms with E-state index in [1.807, 2.05) is 24.3 Å². The van der Waals surface area contributed by atoms with E-state index in [1.165, 1.54) is 13.2 Å². The highest BCUT2D eigenvalue weighted by atomic mass is 79.9. The normalized spacial score (nSPS) is 14.1. The van der Waals surface area contributed by atoms with Gasteiger partial charge in [-0.25, -0.2) is 10.2 Å². The number of carbonyl (C=O) groups is 2. The van der Waals surface area contributed by atoms with Crippen molar-refractivity contribution in [3.05, 3.63) is 89.6 Å². The summed E-state index contributed by atoms with van der Waals surface area (Å²) < 4.78 is 13.3. The number of benzene rings is 3. The molecule has 1 saturated heterocycles. The van der Waals surface area contributed by atoms with Crippen molar-refractivity contribution in [2.45, 2.75) is 6.61 Å². The highest BCUT2D eigenvalue weighted by molar-refractivity contribution is 9.10. The molecule has 3 amide bonds. The lowest BCUT2D eigenvalue weighted by Gasteiger charge is -2.16. The molecule has 0 aromatic heterocycles. The summed E-state index contributed by atoms with van der Waals surface area (Å²) in [6.07, 6.45) is 1.66. The van der Waals surface area contributed by atoms with Crippen LogP contribution in [0, 0.1) is 0 Å². The Morgan fingerprint density at radius 2 is 1.84 bits per heavy atom. The van der Waals surface area contributed by atoms with Gasteiger partial charge in [0.15, 0.2) is 15.8 Å². The van der Waals surface area contributed by atoms with Crippen LogP contribution < -0.4 is 20.2 Å². The Morgan fingerprint density at radius 1 is 1.11 bits per heavy atom. The molecular formula is C25H17Br2Cl2N3O4S2. The Morgan fingerprint density at radius 3 is 2.53 bits per heavy atom. The number of hydrogen-bond acceptors (Lipinski definition) is 6. The highest BCUT2D eigenvalue weighted by Crippen LogP contribution is 2.39. The molecule has 0 spiro atoms. The summed E-state index contributed by atoms with van der Waals surface area (Å²) in [6, 6.07) is 15.3. The second-order valence-electron chi connectivity index (χ2n) is 7.66. The van der Waals surface area contributed by atoms with Crippen molar-refractivity contribution < 1.29 is 19.1 Å². The summed E-state index contributed by atoms with van der Waals surface area (Å²) in [7, 11) is 1.54. The Hall–Kier alpha value is -2.28. The minimum absolute atomic E-state index is 0.172. The first-order chi connectivity index (χ1) is 18.1. The van der Waals surface area contributed by atoms with Crippen LogP contribution in [-0.4, -0.2) is 28.4 Å². The number of anilines is 1. The van der Waals surface area contributed by atoms with Gasteiger partial charge in [0.2, 0.25) is 0 Å². The van der Waals surface area contributed by atoms with Crippen LogP contribution >= 0.6 is 79.0 Å². The number of hydrogen-bond donors (Lipinski definition) is 2.